The maximum absolute atomic E-state index is 15.1. The van der Waals surface area contributed by atoms with Crippen LogP contribution in [0.5, 0.6) is 11.5 Å². The van der Waals surface area contributed by atoms with Gasteiger partial charge >= 0.3 is 0 Å². The number of ketones is 2. The first-order valence-electron chi connectivity index (χ1n) is 8.38. The summed E-state index contributed by atoms with van der Waals surface area (Å²) in [5, 5.41) is 30.9. The van der Waals surface area contributed by atoms with Crippen LogP contribution in [-0.2, 0) is 0 Å². The summed E-state index contributed by atoms with van der Waals surface area (Å²) in [6.45, 7) is 0. The Balaban J connectivity index is 1.94. The highest BCUT2D eigenvalue weighted by Gasteiger charge is 2.41. The summed E-state index contributed by atoms with van der Waals surface area (Å²) < 4.78 is 44.5. The van der Waals surface area contributed by atoms with Crippen LogP contribution in [0.3, 0.4) is 0 Å². The van der Waals surface area contributed by atoms with Crippen LogP contribution in [0.15, 0.2) is 36.4 Å². The van der Waals surface area contributed by atoms with Crippen molar-refractivity contribution in [2.24, 2.45) is 0 Å². The van der Waals surface area contributed by atoms with Crippen LogP contribution >= 0.6 is 0 Å². The number of aromatic hydroxyl groups is 2. The van der Waals surface area contributed by atoms with E-state index in [2.05, 4.69) is 5.32 Å². The lowest BCUT2D eigenvalue weighted by atomic mass is 9.82. The number of halogens is 3. The topological polar surface area (TPSA) is 110 Å². The lowest BCUT2D eigenvalue weighted by Gasteiger charge is -2.22. The fraction of sp³-hybridized carbons (Fsp3) is 0. The van der Waals surface area contributed by atoms with Crippen molar-refractivity contribution in [1.29, 1.82) is 5.26 Å². The van der Waals surface area contributed by atoms with E-state index in [0.717, 1.165) is 12.1 Å². The molecular formula is C21H9F3N2O4. The average molecular weight is 410 g/mol. The van der Waals surface area contributed by atoms with E-state index >= 15 is 4.39 Å². The molecule has 0 aromatic heterocycles. The number of hydrogen-bond acceptors (Lipinski definition) is 6. The number of nitrogens with zero attached hydrogens (tertiary/aromatic N) is 1. The second kappa shape index (κ2) is 6.63. The molecule has 0 aliphatic heterocycles. The van der Waals surface area contributed by atoms with Crippen molar-refractivity contribution in [3.8, 4) is 17.6 Å². The minimum Gasteiger partial charge on any atom is -0.507 e. The molecule has 4 rings (SSSR count). The van der Waals surface area contributed by atoms with Gasteiger partial charge in [0.2, 0.25) is 11.6 Å². The normalized spacial score (nSPS) is 12.2. The van der Waals surface area contributed by atoms with Gasteiger partial charge in [-0.2, -0.15) is 5.26 Å². The fourth-order valence-corrected chi connectivity index (χ4v) is 3.26. The summed E-state index contributed by atoms with van der Waals surface area (Å²) in [6, 6.07) is 8.98. The van der Waals surface area contributed by atoms with Crippen molar-refractivity contribution >= 4 is 22.9 Å². The zero-order chi connectivity index (χ0) is 21.7. The number of phenols is 2. The van der Waals surface area contributed by atoms with E-state index in [1.165, 1.54) is 24.3 Å². The fourth-order valence-electron chi connectivity index (χ4n) is 3.26. The molecule has 6 nitrogen and oxygen atoms in total. The number of carbonyl (C=O) groups excluding carboxylic acids is 2. The number of benzene rings is 3. The van der Waals surface area contributed by atoms with Gasteiger partial charge in [-0.05, 0) is 36.4 Å². The molecule has 1 aliphatic carbocycles. The summed E-state index contributed by atoms with van der Waals surface area (Å²) >= 11 is 0. The molecule has 3 aromatic carbocycles. The van der Waals surface area contributed by atoms with Crippen LogP contribution < -0.4 is 5.32 Å². The Morgan fingerprint density at radius 1 is 0.733 bits per heavy atom. The molecule has 9 heteroatoms. The van der Waals surface area contributed by atoms with E-state index in [0.29, 0.717) is 0 Å². The van der Waals surface area contributed by atoms with Gasteiger partial charge in [0, 0.05) is 5.69 Å². The molecule has 0 saturated carbocycles. The monoisotopic (exact) mass is 410 g/mol. The van der Waals surface area contributed by atoms with Crippen molar-refractivity contribution in [2.75, 3.05) is 5.32 Å². The van der Waals surface area contributed by atoms with Gasteiger partial charge in [-0.1, -0.05) is 0 Å². The zero-order valence-electron chi connectivity index (χ0n) is 14.8. The van der Waals surface area contributed by atoms with Gasteiger partial charge in [-0.15, -0.1) is 0 Å². The summed E-state index contributed by atoms with van der Waals surface area (Å²) in [5.74, 6) is -9.17. The first-order chi connectivity index (χ1) is 14.3. The van der Waals surface area contributed by atoms with Gasteiger partial charge < -0.3 is 15.5 Å². The molecule has 30 heavy (non-hydrogen) atoms. The maximum atomic E-state index is 15.1. The van der Waals surface area contributed by atoms with Gasteiger partial charge in [0.1, 0.15) is 17.2 Å². The van der Waals surface area contributed by atoms with Crippen molar-refractivity contribution < 1.29 is 33.0 Å². The highest BCUT2D eigenvalue weighted by molar-refractivity contribution is 6.30. The Morgan fingerprint density at radius 3 is 1.73 bits per heavy atom. The number of carbonyl (C=O) groups is 2. The van der Waals surface area contributed by atoms with Crippen molar-refractivity contribution in [2.45, 2.75) is 0 Å². The molecule has 3 aromatic rings. The zero-order valence-corrected chi connectivity index (χ0v) is 14.8. The van der Waals surface area contributed by atoms with Crippen molar-refractivity contribution in [1.82, 2.24) is 0 Å². The number of phenolic OH excluding ortho intramolecular Hbond substituents is 2. The minimum atomic E-state index is -1.78. The van der Waals surface area contributed by atoms with E-state index in [1.54, 1.807) is 0 Å². The molecule has 0 unspecified atom stereocenters. The van der Waals surface area contributed by atoms with Crippen molar-refractivity contribution in [3.05, 3.63) is 81.7 Å². The summed E-state index contributed by atoms with van der Waals surface area (Å²) in [4.78, 5) is 25.4. The Labute approximate surface area is 166 Å². The molecule has 0 amide bonds. The molecule has 0 bridgehead atoms. The van der Waals surface area contributed by atoms with E-state index in [9.17, 15) is 28.6 Å². The number of hydrogen-bond donors (Lipinski definition) is 3. The third-order valence-electron chi connectivity index (χ3n) is 4.67. The van der Waals surface area contributed by atoms with Gasteiger partial charge in [-0.25, -0.2) is 13.2 Å². The lowest BCUT2D eigenvalue weighted by Crippen LogP contribution is -2.26. The Hall–Kier alpha value is -4.32. The van der Waals surface area contributed by atoms with E-state index in [-0.39, 0.29) is 11.3 Å². The SMILES string of the molecule is N#Cc1ccc(Nc2c(F)c(F)c3c(c2F)C(=O)c2c(O)ccc(O)c2C3=O)cc1. The highest BCUT2D eigenvalue weighted by atomic mass is 19.2. The molecule has 148 valence electrons. The van der Waals surface area contributed by atoms with Crippen molar-refractivity contribution in [3.63, 3.8) is 0 Å². The molecular weight excluding hydrogens is 401 g/mol. The third kappa shape index (κ3) is 2.58. The molecule has 0 heterocycles. The Kier molecular flexibility index (Phi) is 4.20. The number of anilines is 2. The number of nitriles is 1. The van der Waals surface area contributed by atoms with E-state index in [1.807, 2.05) is 6.07 Å². The third-order valence-corrected chi connectivity index (χ3v) is 4.67. The van der Waals surface area contributed by atoms with Crippen LogP contribution in [0.1, 0.15) is 37.4 Å². The van der Waals surface area contributed by atoms with E-state index < -0.39 is 68.5 Å². The first kappa shape index (κ1) is 19.0. The van der Waals surface area contributed by atoms with Crippen LogP contribution in [0.2, 0.25) is 0 Å². The quantitative estimate of drug-likeness (QED) is 0.341. The Morgan fingerprint density at radius 2 is 1.23 bits per heavy atom. The number of fused-ring (bicyclic) bond motifs is 2. The molecule has 0 radical (unpaired) electrons. The maximum Gasteiger partial charge on any atom is 0.201 e. The summed E-state index contributed by atoms with van der Waals surface area (Å²) in [7, 11) is 0. The van der Waals surface area contributed by atoms with Gasteiger partial charge in [0.25, 0.3) is 0 Å². The predicted octanol–water partition coefficient (Wildman–Crippen LogP) is 3.91. The molecule has 0 spiro atoms. The molecule has 0 saturated heterocycles. The van der Waals surface area contributed by atoms with E-state index in [4.69, 9.17) is 5.26 Å². The summed E-state index contributed by atoms with van der Waals surface area (Å²) in [5.41, 5.74) is -4.36. The molecule has 0 fully saturated rings. The second-order valence-corrected chi connectivity index (χ2v) is 6.39. The molecule has 3 N–H and O–H groups in total. The lowest BCUT2D eigenvalue weighted by molar-refractivity contribution is 0.0966. The second-order valence-electron chi connectivity index (χ2n) is 6.39. The first-order valence-corrected chi connectivity index (χ1v) is 8.38. The Bertz CT molecular complexity index is 1310. The largest absolute Gasteiger partial charge is 0.507 e. The molecule has 1 aliphatic rings. The smallest absolute Gasteiger partial charge is 0.201 e. The highest BCUT2D eigenvalue weighted by Crippen LogP contribution is 2.42. The summed E-state index contributed by atoms with van der Waals surface area (Å²) in [6.07, 6.45) is 0. The van der Waals surface area contributed by atoms with Gasteiger partial charge in [0.15, 0.2) is 17.5 Å². The standard InChI is InChI=1S/C21H9F3N2O4/c22-16-14-15(21(30)13-11(28)6-5-10(27)12(13)20(14)29)17(23)19(18(16)24)26-9-3-1-8(7-25)2-4-9/h1-6,26-28H. The van der Waals surface area contributed by atoms with Gasteiger partial charge in [0.05, 0.1) is 33.9 Å². The predicted molar refractivity (Wildman–Crippen MR) is 97.4 cm³/mol. The van der Waals surface area contributed by atoms with Crippen LogP contribution in [-0.4, -0.2) is 21.8 Å². The average Bonchev–Trinajstić information content (AvgIpc) is 2.74. The number of rotatable bonds is 2. The van der Waals surface area contributed by atoms with Crippen LogP contribution in [0.4, 0.5) is 24.5 Å². The molecule has 0 atom stereocenters. The van der Waals surface area contributed by atoms with Crippen LogP contribution in [0, 0.1) is 28.8 Å². The van der Waals surface area contributed by atoms with Crippen LogP contribution in [0.25, 0.3) is 0 Å². The number of nitrogens with one attached hydrogen (secondary N) is 1. The van der Waals surface area contributed by atoms with Gasteiger partial charge in [-0.3, -0.25) is 9.59 Å². The minimum absolute atomic E-state index is 0.0848.